The third kappa shape index (κ3) is 3.47. The molecule has 1 unspecified atom stereocenters. The number of esters is 1. The number of aryl methyl sites for hydroxylation is 1. The molecule has 7 heteroatoms. The van der Waals surface area contributed by atoms with Crippen LogP contribution in [0.1, 0.15) is 33.8 Å². The molecule has 2 aromatic heterocycles. The van der Waals surface area contributed by atoms with Gasteiger partial charge in [0.15, 0.2) is 0 Å². The first kappa shape index (κ1) is 17.3. The Morgan fingerprint density at radius 1 is 1.32 bits per heavy atom. The number of ether oxygens (including phenoxy) is 1. The van der Waals surface area contributed by atoms with Gasteiger partial charge in [0.05, 0.1) is 24.6 Å². The summed E-state index contributed by atoms with van der Waals surface area (Å²) >= 11 is 1.29. The summed E-state index contributed by atoms with van der Waals surface area (Å²) < 4.78 is 5.11. The maximum absolute atomic E-state index is 12.1. The number of aromatic nitrogens is 2. The molecule has 6 nitrogen and oxygen atoms in total. The van der Waals surface area contributed by atoms with Crippen molar-refractivity contribution in [1.29, 1.82) is 0 Å². The van der Waals surface area contributed by atoms with Gasteiger partial charge in [-0.2, -0.15) is 0 Å². The minimum absolute atomic E-state index is 0.0799. The number of aliphatic hydroxyl groups is 1. The molecule has 0 aliphatic carbocycles. The Hall–Kier alpha value is -2.51. The highest BCUT2D eigenvalue weighted by molar-refractivity contribution is 7.20. The van der Waals surface area contributed by atoms with E-state index in [0.29, 0.717) is 22.1 Å². The van der Waals surface area contributed by atoms with Gasteiger partial charge in [0.1, 0.15) is 21.9 Å². The van der Waals surface area contributed by atoms with Gasteiger partial charge in [-0.3, -0.25) is 0 Å². The number of benzene rings is 1. The van der Waals surface area contributed by atoms with Crippen LogP contribution < -0.4 is 5.32 Å². The van der Waals surface area contributed by atoms with Crippen LogP contribution in [0.5, 0.6) is 0 Å². The van der Waals surface area contributed by atoms with Gasteiger partial charge in [0, 0.05) is 0 Å². The summed E-state index contributed by atoms with van der Waals surface area (Å²) in [5.74, 6) is 0.243. The number of carbonyl (C=O) groups is 1. The van der Waals surface area contributed by atoms with Crippen LogP contribution in [-0.4, -0.2) is 34.3 Å². The Morgan fingerprint density at radius 3 is 2.76 bits per heavy atom. The zero-order valence-electron chi connectivity index (χ0n) is 14.0. The summed E-state index contributed by atoms with van der Waals surface area (Å²) in [4.78, 5) is 22.0. The first-order chi connectivity index (χ1) is 12.2. The average molecular weight is 357 g/mol. The van der Waals surface area contributed by atoms with Crippen molar-refractivity contribution in [2.75, 3.05) is 18.5 Å². The second-order valence-electron chi connectivity index (χ2n) is 5.47. The van der Waals surface area contributed by atoms with Crippen molar-refractivity contribution in [3.63, 3.8) is 0 Å². The summed E-state index contributed by atoms with van der Waals surface area (Å²) in [5, 5.41) is 13.8. The highest BCUT2D eigenvalue weighted by Crippen LogP contribution is 2.34. The third-order valence-corrected chi connectivity index (χ3v) is 5.06. The Morgan fingerprint density at radius 2 is 2.08 bits per heavy atom. The van der Waals surface area contributed by atoms with E-state index in [1.807, 2.05) is 37.3 Å². The summed E-state index contributed by atoms with van der Waals surface area (Å²) in [5.41, 5.74) is 1.74. The molecule has 0 saturated heterocycles. The molecule has 0 bridgehead atoms. The fraction of sp³-hybridized carbons (Fsp3) is 0.278. The molecule has 0 spiro atoms. The number of nitrogens with one attached hydrogen (secondary N) is 1. The summed E-state index contributed by atoms with van der Waals surface area (Å²) in [6.07, 6.45) is 1.45. The molecule has 0 radical (unpaired) electrons. The Kier molecular flexibility index (Phi) is 5.25. The number of carbonyl (C=O) groups excluding carboxylic acids is 1. The molecule has 0 aliphatic heterocycles. The molecule has 0 aliphatic rings. The molecule has 130 valence electrons. The van der Waals surface area contributed by atoms with Gasteiger partial charge in [-0.05, 0) is 25.0 Å². The van der Waals surface area contributed by atoms with Gasteiger partial charge in [0.2, 0.25) is 0 Å². The number of hydrogen-bond acceptors (Lipinski definition) is 7. The minimum Gasteiger partial charge on any atom is -0.462 e. The second kappa shape index (κ2) is 7.58. The number of nitrogens with zero attached hydrogens (tertiary/aromatic N) is 2. The lowest BCUT2D eigenvalue weighted by atomic mass is 10.1. The van der Waals surface area contributed by atoms with Crippen LogP contribution in [0, 0.1) is 6.92 Å². The van der Waals surface area contributed by atoms with Crippen LogP contribution in [-0.2, 0) is 4.74 Å². The van der Waals surface area contributed by atoms with Crippen molar-refractivity contribution >= 4 is 33.3 Å². The van der Waals surface area contributed by atoms with E-state index in [2.05, 4.69) is 15.3 Å². The largest absolute Gasteiger partial charge is 0.462 e. The lowest BCUT2D eigenvalue weighted by molar-refractivity contribution is 0.0531. The van der Waals surface area contributed by atoms with E-state index in [1.165, 1.54) is 17.7 Å². The smallest absolute Gasteiger partial charge is 0.348 e. The number of hydrogen-bond donors (Lipinski definition) is 2. The van der Waals surface area contributed by atoms with E-state index >= 15 is 0 Å². The maximum atomic E-state index is 12.1. The van der Waals surface area contributed by atoms with Crippen LogP contribution >= 0.6 is 11.3 Å². The zero-order chi connectivity index (χ0) is 17.8. The third-order valence-electron chi connectivity index (χ3n) is 3.88. The lowest BCUT2D eigenvalue weighted by Gasteiger charge is -2.18. The van der Waals surface area contributed by atoms with Crippen LogP contribution in [0.4, 0.5) is 5.82 Å². The number of fused-ring (bicyclic) bond motifs is 1. The summed E-state index contributed by atoms with van der Waals surface area (Å²) in [7, 11) is 0. The van der Waals surface area contributed by atoms with Gasteiger partial charge in [-0.15, -0.1) is 11.3 Å². The van der Waals surface area contributed by atoms with Gasteiger partial charge in [0.25, 0.3) is 0 Å². The first-order valence-corrected chi connectivity index (χ1v) is 8.80. The highest BCUT2D eigenvalue weighted by Gasteiger charge is 2.21. The molecule has 3 rings (SSSR count). The molecule has 1 aromatic carbocycles. The normalized spacial score (nSPS) is 12.1. The Bertz CT molecular complexity index is 880. The number of thiophene rings is 1. The van der Waals surface area contributed by atoms with Crippen LogP contribution in [0.25, 0.3) is 10.2 Å². The molecule has 2 N–H and O–H groups in total. The van der Waals surface area contributed by atoms with Crippen LogP contribution in [0.3, 0.4) is 0 Å². The molecule has 1 atom stereocenters. The van der Waals surface area contributed by atoms with Crippen molar-refractivity contribution in [3.8, 4) is 0 Å². The topological polar surface area (TPSA) is 84.3 Å². The van der Waals surface area contributed by atoms with Crippen molar-refractivity contribution in [2.24, 2.45) is 0 Å². The maximum Gasteiger partial charge on any atom is 0.348 e. The molecule has 0 saturated carbocycles. The molecular formula is C18H19N3O3S. The average Bonchev–Trinajstić information content (AvgIpc) is 2.98. The Balaban J connectivity index is 2.00. The summed E-state index contributed by atoms with van der Waals surface area (Å²) in [6.45, 7) is 3.88. The fourth-order valence-electron chi connectivity index (χ4n) is 2.66. The molecule has 25 heavy (non-hydrogen) atoms. The summed E-state index contributed by atoms with van der Waals surface area (Å²) in [6, 6.07) is 9.35. The van der Waals surface area contributed by atoms with Crippen LogP contribution in [0.15, 0.2) is 36.7 Å². The van der Waals surface area contributed by atoms with Crippen molar-refractivity contribution in [3.05, 3.63) is 52.7 Å². The predicted molar refractivity (Wildman–Crippen MR) is 98.0 cm³/mol. The van der Waals surface area contributed by atoms with E-state index in [1.54, 1.807) is 6.92 Å². The SMILES string of the molecule is CCOC(=O)c1sc2ncnc(NC(CO)c3ccccc3)c2c1C. The first-order valence-electron chi connectivity index (χ1n) is 7.99. The minimum atomic E-state index is -0.351. The molecule has 0 amide bonds. The fourth-order valence-corrected chi connectivity index (χ4v) is 3.70. The van der Waals surface area contributed by atoms with Gasteiger partial charge in [-0.1, -0.05) is 30.3 Å². The number of rotatable bonds is 6. The van der Waals surface area contributed by atoms with Crippen molar-refractivity contribution < 1.29 is 14.6 Å². The molecular weight excluding hydrogens is 338 g/mol. The van der Waals surface area contributed by atoms with Gasteiger partial charge in [-0.25, -0.2) is 14.8 Å². The molecule has 0 fully saturated rings. The van der Waals surface area contributed by atoms with Crippen molar-refractivity contribution in [1.82, 2.24) is 9.97 Å². The molecule has 2 heterocycles. The number of aliphatic hydroxyl groups excluding tert-OH is 1. The van der Waals surface area contributed by atoms with Gasteiger partial charge >= 0.3 is 5.97 Å². The monoisotopic (exact) mass is 357 g/mol. The molecule has 3 aromatic rings. The Labute approximate surface area is 149 Å². The van der Waals surface area contributed by atoms with E-state index < -0.39 is 0 Å². The van der Waals surface area contributed by atoms with Crippen molar-refractivity contribution in [2.45, 2.75) is 19.9 Å². The van der Waals surface area contributed by atoms with E-state index in [4.69, 9.17) is 4.74 Å². The standard InChI is InChI=1S/C18H19N3O3S/c1-3-24-18(23)15-11(2)14-16(19-10-20-17(14)25-15)21-13(9-22)12-7-5-4-6-8-12/h4-8,10,13,22H,3,9H2,1-2H3,(H,19,20,21). The number of anilines is 1. The second-order valence-corrected chi connectivity index (χ2v) is 6.47. The van der Waals surface area contributed by atoms with E-state index in [-0.39, 0.29) is 18.6 Å². The van der Waals surface area contributed by atoms with Gasteiger partial charge < -0.3 is 15.2 Å². The highest BCUT2D eigenvalue weighted by atomic mass is 32.1. The van der Waals surface area contributed by atoms with E-state index in [9.17, 15) is 9.90 Å². The quantitative estimate of drug-likeness (QED) is 0.659. The lowest BCUT2D eigenvalue weighted by Crippen LogP contribution is -2.16. The van der Waals surface area contributed by atoms with E-state index in [0.717, 1.165) is 16.5 Å². The van der Waals surface area contributed by atoms with Crippen LogP contribution in [0.2, 0.25) is 0 Å². The zero-order valence-corrected chi connectivity index (χ0v) is 14.8. The predicted octanol–water partition coefficient (Wildman–Crippen LogP) is 3.32.